The summed E-state index contributed by atoms with van der Waals surface area (Å²) in [7, 11) is 0. The van der Waals surface area contributed by atoms with Gasteiger partial charge in [-0.05, 0) is 19.1 Å². The first-order valence-electron chi connectivity index (χ1n) is 9.30. The molecule has 33 heavy (non-hydrogen) atoms. The summed E-state index contributed by atoms with van der Waals surface area (Å²) in [6.45, 7) is 1.81. The first kappa shape index (κ1) is 24.0. The van der Waals surface area contributed by atoms with Gasteiger partial charge in [0.2, 0.25) is 0 Å². The molecule has 0 aromatic heterocycles. The van der Waals surface area contributed by atoms with Gasteiger partial charge >= 0.3 is 6.18 Å². The van der Waals surface area contributed by atoms with Crippen LogP contribution in [0.2, 0.25) is 5.02 Å². The van der Waals surface area contributed by atoms with Crippen LogP contribution in [0.5, 0.6) is 0 Å². The summed E-state index contributed by atoms with van der Waals surface area (Å²) in [6, 6.07) is 3.01. The molecule has 1 aliphatic rings. The lowest BCUT2D eigenvalue weighted by Gasteiger charge is -2.37. The normalized spacial score (nSPS) is 14.3. The lowest BCUT2D eigenvalue weighted by Crippen LogP contribution is -2.47. The van der Waals surface area contributed by atoms with E-state index in [2.05, 4.69) is 0 Å². The first-order valence-corrected chi connectivity index (χ1v) is 9.68. The summed E-state index contributed by atoms with van der Waals surface area (Å²) in [4.78, 5) is 34.7. The van der Waals surface area contributed by atoms with E-state index in [0.29, 0.717) is 6.07 Å². The maximum Gasteiger partial charge on any atom is 0.416 e. The number of hydrogen-bond donors (Lipinski definition) is 0. The van der Waals surface area contributed by atoms with Gasteiger partial charge < -0.3 is 9.80 Å². The minimum absolute atomic E-state index is 0.0133. The molecule has 1 saturated heterocycles. The second kappa shape index (κ2) is 8.69. The minimum Gasteiger partial charge on any atom is -0.362 e. The fourth-order valence-corrected chi connectivity index (χ4v) is 3.92. The molecule has 15 heteroatoms. The first-order chi connectivity index (χ1) is 15.3. The molecule has 0 saturated carbocycles. The van der Waals surface area contributed by atoms with Gasteiger partial charge in [0.25, 0.3) is 17.1 Å². The summed E-state index contributed by atoms with van der Waals surface area (Å²) in [5.74, 6) is 0. The van der Waals surface area contributed by atoms with Crippen LogP contribution < -0.4 is 9.80 Å². The van der Waals surface area contributed by atoms with E-state index < -0.39 is 43.6 Å². The molecule has 176 valence electrons. The van der Waals surface area contributed by atoms with Crippen LogP contribution in [-0.4, -0.2) is 40.9 Å². The van der Waals surface area contributed by atoms with Crippen molar-refractivity contribution in [3.8, 4) is 0 Å². The topological polar surface area (TPSA) is 136 Å². The Hall–Kier alpha value is -3.68. The van der Waals surface area contributed by atoms with Gasteiger partial charge in [0.1, 0.15) is 16.4 Å². The van der Waals surface area contributed by atoms with Gasteiger partial charge in [-0.3, -0.25) is 30.3 Å². The second-order valence-corrected chi connectivity index (χ2v) is 7.53. The van der Waals surface area contributed by atoms with Crippen LogP contribution in [0, 0.1) is 37.3 Å². The average Bonchev–Trinajstić information content (AvgIpc) is 2.74. The number of nitro groups is 3. The lowest BCUT2D eigenvalue weighted by molar-refractivity contribution is -0.393. The molecule has 1 fully saturated rings. The third kappa shape index (κ3) is 4.60. The fourth-order valence-electron chi connectivity index (χ4n) is 3.70. The molecule has 0 N–H and O–H groups in total. The lowest BCUT2D eigenvalue weighted by atomic mass is 10.1. The van der Waals surface area contributed by atoms with E-state index in [-0.39, 0.29) is 48.1 Å². The van der Waals surface area contributed by atoms with Crippen LogP contribution in [0.15, 0.2) is 24.3 Å². The Morgan fingerprint density at radius 3 is 1.85 bits per heavy atom. The van der Waals surface area contributed by atoms with Crippen molar-refractivity contribution in [2.45, 2.75) is 13.1 Å². The molecule has 0 amide bonds. The molecule has 0 radical (unpaired) electrons. The molecule has 0 atom stereocenters. The van der Waals surface area contributed by atoms with Crippen LogP contribution in [0.25, 0.3) is 0 Å². The van der Waals surface area contributed by atoms with Crippen molar-refractivity contribution in [1.82, 2.24) is 0 Å². The number of nitro benzene ring substituents is 3. The van der Waals surface area contributed by atoms with Crippen LogP contribution >= 0.6 is 11.6 Å². The van der Waals surface area contributed by atoms with Gasteiger partial charge in [0, 0.05) is 37.8 Å². The molecular weight excluding hydrogens is 475 g/mol. The maximum absolute atomic E-state index is 12.9. The number of alkyl halides is 3. The standard InChI is InChI=1S/C18H15ClF3N5O6/c1-10-16(19)14(26(30)31)9-15(27(32)33)17(10)24-6-4-23(5-7-24)12-3-2-11(18(20,21)22)8-13(12)25(28)29/h2-3,8-9H,4-7H2,1H3. The Bertz CT molecular complexity index is 1150. The van der Waals surface area contributed by atoms with Crippen molar-refractivity contribution in [3.05, 3.63) is 70.8 Å². The van der Waals surface area contributed by atoms with E-state index >= 15 is 0 Å². The number of hydrogen-bond acceptors (Lipinski definition) is 8. The Labute approximate surface area is 188 Å². The molecule has 0 spiro atoms. The summed E-state index contributed by atoms with van der Waals surface area (Å²) in [6.07, 6.45) is -4.74. The quantitative estimate of drug-likeness (QED) is 0.434. The zero-order valence-corrected chi connectivity index (χ0v) is 17.6. The van der Waals surface area contributed by atoms with E-state index in [1.54, 1.807) is 4.90 Å². The SMILES string of the molecule is Cc1c(Cl)c([N+](=O)[O-])cc([N+](=O)[O-])c1N1CCN(c2ccc(C(F)(F)F)cc2[N+](=O)[O-])CC1. The highest BCUT2D eigenvalue weighted by molar-refractivity contribution is 6.34. The van der Waals surface area contributed by atoms with Gasteiger partial charge in [-0.2, -0.15) is 13.2 Å². The van der Waals surface area contributed by atoms with Crippen molar-refractivity contribution in [2.24, 2.45) is 0 Å². The number of anilines is 2. The minimum atomic E-state index is -4.74. The molecule has 3 rings (SSSR count). The summed E-state index contributed by atoms with van der Waals surface area (Å²) in [5, 5.41) is 33.8. The fraction of sp³-hybridized carbons (Fsp3) is 0.333. The van der Waals surface area contributed by atoms with Crippen LogP contribution in [0.1, 0.15) is 11.1 Å². The third-order valence-electron chi connectivity index (χ3n) is 5.25. The second-order valence-electron chi connectivity index (χ2n) is 7.15. The van der Waals surface area contributed by atoms with Gasteiger partial charge in [0.05, 0.1) is 26.4 Å². The van der Waals surface area contributed by atoms with Crippen LogP contribution in [0.3, 0.4) is 0 Å². The Morgan fingerprint density at radius 2 is 1.36 bits per heavy atom. The highest BCUT2D eigenvalue weighted by Crippen LogP contribution is 2.43. The van der Waals surface area contributed by atoms with Crippen molar-refractivity contribution in [3.63, 3.8) is 0 Å². The number of nitrogens with zero attached hydrogens (tertiary/aromatic N) is 5. The van der Waals surface area contributed by atoms with Gasteiger partial charge in [-0.1, -0.05) is 11.6 Å². The van der Waals surface area contributed by atoms with Crippen molar-refractivity contribution < 1.29 is 27.9 Å². The molecule has 0 unspecified atom stereocenters. The molecule has 2 aromatic carbocycles. The molecular formula is C18H15ClF3N5O6. The van der Waals surface area contributed by atoms with E-state index in [4.69, 9.17) is 11.6 Å². The molecule has 0 aliphatic carbocycles. The van der Waals surface area contributed by atoms with Gasteiger partial charge in [-0.25, -0.2) is 0 Å². The van der Waals surface area contributed by atoms with Crippen LogP contribution in [-0.2, 0) is 6.18 Å². The zero-order chi connectivity index (χ0) is 24.7. The zero-order valence-electron chi connectivity index (χ0n) is 16.8. The van der Waals surface area contributed by atoms with Gasteiger partial charge in [0.15, 0.2) is 0 Å². The highest BCUT2D eigenvalue weighted by Gasteiger charge is 2.35. The summed E-state index contributed by atoms with van der Waals surface area (Å²) < 4.78 is 38.8. The third-order valence-corrected chi connectivity index (χ3v) is 5.73. The van der Waals surface area contributed by atoms with Crippen molar-refractivity contribution in [2.75, 3.05) is 36.0 Å². The summed E-state index contributed by atoms with van der Waals surface area (Å²) >= 11 is 6.05. The Balaban J connectivity index is 1.92. The molecule has 0 bridgehead atoms. The maximum atomic E-state index is 12.9. The van der Waals surface area contributed by atoms with E-state index in [0.717, 1.165) is 18.2 Å². The van der Waals surface area contributed by atoms with E-state index in [1.807, 2.05) is 0 Å². The molecule has 11 nitrogen and oxygen atoms in total. The smallest absolute Gasteiger partial charge is 0.362 e. The number of rotatable bonds is 5. The Kier molecular flexibility index (Phi) is 6.31. The monoisotopic (exact) mass is 489 g/mol. The molecule has 1 aliphatic heterocycles. The largest absolute Gasteiger partial charge is 0.416 e. The number of halogens is 4. The Morgan fingerprint density at radius 1 is 0.848 bits per heavy atom. The van der Waals surface area contributed by atoms with Gasteiger partial charge in [-0.15, -0.1) is 0 Å². The van der Waals surface area contributed by atoms with E-state index in [9.17, 15) is 43.5 Å². The highest BCUT2D eigenvalue weighted by atomic mass is 35.5. The molecule has 1 heterocycles. The molecule has 2 aromatic rings. The summed E-state index contributed by atoms with van der Waals surface area (Å²) in [5.41, 5.74) is -2.78. The average molecular weight is 490 g/mol. The number of piperazine rings is 1. The van der Waals surface area contributed by atoms with Crippen molar-refractivity contribution in [1.29, 1.82) is 0 Å². The predicted molar refractivity (Wildman–Crippen MR) is 112 cm³/mol. The van der Waals surface area contributed by atoms with Crippen molar-refractivity contribution >= 4 is 40.0 Å². The van der Waals surface area contributed by atoms with E-state index in [1.165, 1.54) is 11.8 Å². The predicted octanol–water partition coefficient (Wildman–Crippen LogP) is 4.72. The number of benzene rings is 2. The van der Waals surface area contributed by atoms with Crippen LogP contribution in [0.4, 0.5) is 41.6 Å².